The Morgan fingerprint density at radius 3 is 2.55 bits per heavy atom. The van der Waals surface area contributed by atoms with Gasteiger partial charge in [-0.15, -0.1) is 0 Å². The molecule has 2 heterocycles. The van der Waals surface area contributed by atoms with Crippen molar-refractivity contribution >= 4 is 17.8 Å². The standard InChI is InChI=1S/C14H20N4O4/c1-8(2)18-9(3)10(5-15-18)13(20)17-7-12(19)16(4)6-11(17)14(21)22/h5,8,11H,6-7H2,1-4H3,(H,21,22). The Hall–Kier alpha value is -2.38. The van der Waals surface area contributed by atoms with Gasteiger partial charge in [-0.1, -0.05) is 0 Å². The fourth-order valence-electron chi connectivity index (χ4n) is 2.57. The number of aromatic nitrogens is 2. The third kappa shape index (κ3) is 2.68. The van der Waals surface area contributed by atoms with Gasteiger partial charge in [0.1, 0.15) is 12.6 Å². The summed E-state index contributed by atoms with van der Waals surface area (Å²) in [4.78, 5) is 38.3. The van der Waals surface area contributed by atoms with Gasteiger partial charge in [-0.2, -0.15) is 5.10 Å². The molecule has 22 heavy (non-hydrogen) atoms. The maximum Gasteiger partial charge on any atom is 0.328 e. The maximum absolute atomic E-state index is 12.7. The SMILES string of the molecule is Cc1c(C(=O)N2CC(=O)N(C)CC2C(=O)O)cnn1C(C)C. The normalized spacial score (nSPS) is 19.0. The average molecular weight is 308 g/mol. The molecule has 1 atom stereocenters. The Morgan fingerprint density at radius 2 is 2.05 bits per heavy atom. The van der Waals surface area contributed by atoms with Crippen LogP contribution in [0.2, 0.25) is 0 Å². The van der Waals surface area contributed by atoms with E-state index < -0.39 is 17.9 Å². The van der Waals surface area contributed by atoms with Crippen molar-refractivity contribution in [3.8, 4) is 0 Å². The number of rotatable bonds is 3. The minimum atomic E-state index is -1.12. The highest BCUT2D eigenvalue weighted by molar-refractivity contribution is 6.00. The van der Waals surface area contributed by atoms with E-state index in [4.69, 9.17) is 0 Å². The highest BCUT2D eigenvalue weighted by atomic mass is 16.4. The van der Waals surface area contributed by atoms with Gasteiger partial charge in [0.25, 0.3) is 5.91 Å². The average Bonchev–Trinajstić information content (AvgIpc) is 2.82. The Kier molecular flexibility index (Phi) is 4.20. The molecule has 1 fully saturated rings. The second kappa shape index (κ2) is 5.78. The van der Waals surface area contributed by atoms with Crippen molar-refractivity contribution < 1.29 is 19.5 Å². The van der Waals surface area contributed by atoms with Crippen molar-refractivity contribution in [3.05, 3.63) is 17.5 Å². The number of amides is 2. The topological polar surface area (TPSA) is 95.7 Å². The first-order chi connectivity index (χ1) is 10.2. The van der Waals surface area contributed by atoms with Crippen molar-refractivity contribution in [2.24, 2.45) is 0 Å². The molecule has 1 saturated heterocycles. The van der Waals surface area contributed by atoms with E-state index in [1.54, 1.807) is 11.6 Å². The van der Waals surface area contributed by atoms with Crippen LogP contribution >= 0.6 is 0 Å². The van der Waals surface area contributed by atoms with Gasteiger partial charge in [0, 0.05) is 18.8 Å². The Labute approximate surface area is 128 Å². The van der Waals surface area contributed by atoms with Crippen LogP contribution in [-0.2, 0) is 9.59 Å². The molecule has 1 aromatic rings. The second-order valence-electron chi connectivity index (χ2n) is 5.74. The van der Waals surface area contributed by atoms with Gasteiger partial charge in [0.05, 0.1) is 18.3 Å². The molecule has 1 aliphatic heterocycles. The summed E-state index contributed by atoms with van der Waals surface area (Å²) in [5, 5.41) is 13.5. The van der Waals surface area contributed by atoms with E-state index in [0.29, 0.717) is 11.3 Å². The van der Waals surface area contributed by atoms with Gasteiger partial charge in [-0.25, -0.2) is 4.79 Å². The lowest BCUT2D eigenvalue weighted by molar-refractivity contribution is -0.149. The fourth-order valence-corrected chi connectivity index (χ4v) is 2.57. The summed E-state index contributed by atoms with van der Waals surface area (Å²) in [6.45, 7) is 5.38. The van der Waals surface area contributed by atoms with Gasteiger partial charge in [0.15, 0.2) is 0 Å². The predicted molar refractivity (Wildman–Crippen MR) is 77.4 cm³/mol. The maximum atomic E-state index is 12.7. The summed E-state index contributed by atoms with van der Waals surface area (Å²) < 4.78 is 1.70. The zero-order valence-corrected chi connectivity index (χ0v) is 13.1. The smallest absolute Gasteiger partial charge is 0.328 e. The lowest BCUT2D eigenvalue weighted by Crippen LogP contribution is -2.59. The van der Waals surface area contributed by atoms with Crippen LogP contribution in [0.25, 0.3) is 0 Å². The lowest BCUT2D eigenvalue weighted by atomic mass is 10.1. The molecule has 2 amide bonds. The highest BCUT2D eigenvalue weighted by Crippen LogP contribution is 2.19. The number of hydrogen-bond acceptors (Lipinski definition) is 4. The number of carboxylic acid groups (broad SMARTS) is 1. The minimum absolute atomic E-state index is 0.0166. The number of hydrogen-bond donors (Lipinski definition) is 1. The van der Waals surface area contributed by atoms with E-state index in [9.17, 15) is 19.5 Å². The first kappa shape index (κ1) is 16.0. The first-order valence-corrected chi connectivity index (χ1v) is 7.05. The highest BCUT2D eigenvalue weighted by Gasteiger charge is 2.39. The summed E-state index contributed by atoms with van der Waals surface area (Å²) in [6.07, 6.45) is 1.43. The molecule has 1 N–H and O–H groups in total. The molecule has 0 bridgehead atoms. The van der Waals surface area contributed by atoms with E-state index >= 15 is 0 Å². The largest absolute Gasteiger partial charge is 0.480 e. The summed E-state index contributed by atoms with van der Waals surface area (Å²) in [5.41, 5.74) is 0.993. The van der Waals surface area contributed by atoms with Crippen LogP contribution in [0, 0.1) is 6.92 Å². The van der Waals surface area contributed by atoms with Gasteiger partial charge < -0.3 is 14.9 Å². The molecular formula is C14H20N4O4. The van der Waals surface area contributed by atoms with Gasteiger partial charge in [-0.3, -0.25) is 14.3 Å². The Morgan fingerprint density at radius 1 is 1.41 bits per heavy atom. The molecule has 1 unspecified atom stereocenters. The number of piperazine rings is 1. The van der Waals surface area contributed by atoms with Crippen LogP contribution in [0.5, 0.6) is 0 Å². The zero-order valence-electron chi connectivity index (χ0n) is 13.1. The molecular weight excluding hydrogens is 288 g/mol. The van der Waals surface area contributed by atoms with Gasteiger partial charge >= 0.3 is 5.97 Å². The van der Waals surface area contributed by atoms with Crippen LogP contribution in [0.3, 0.4) is 0 Å². The first-order valence-electron chi connectivity index (χ1n) is 7.05. The molecule has 1 aliphatic rings. The fraction of sp³-hybridized carbons (Fsp3) is 0.571. The number of nitrogens with zero attached hydrogens (tertiary/aromatic N) is 4. The van der Waals surface area contributed by atoms with Gasteiger partial charge in [-0.05, 0) is 20.8 Å². The third-order valence-electron chi connectivity index (χ3n) is 3.86. The van der Waals surface area contributed by atoms with Crippen molar-refractivity contribution in [2.45, 2.75) is 32.9 Å². The molecule has 8 heteroatoms. The molecule has 0 spiro atoms. The molecule has 2 rings (SSSR count). The Balaban J connectivity index is 2.34. The van der Waals surface area contributed by atoms with E-state index in [2.05, 4.69) is 5.10 Å². The van der Waals surface area contributed by atoms with Crippen molar-refractivity contribution in [1.82, 2.24) is 19.6 Å². The summed E-state index contributed by atoms with van der Waals surface area (Å²) in [6, 6.07) is -0.956. The predicted octanol–water partition coefficient (Wildman–Crippen LogP) is 0.140. The lowest BCUT2D eigenvalue weighted by Gasteiger charge is -2.37. The zero-order chi connectivity index (χ0) is 16.6. The van der Waals surface area contributed by atoms with Crippen LogP contribution in [0.1, 0.15) is 35.9 Å². The van der Waals surface area contributed by atoms with Crippen molar-refractivity contribution in [1.29, 1.82) is 0 Å². The number of aliphatic carboxylic acids is 1. The van der Waals surface area contributed by atoms with E-state index in [1.807, 2.05) is 13.8 Å². The molecule has 8 nitrogen and oxygen atoms in total. The quantitative estimate of drug-likeness (QED) is 0.857. The van der Waals surface area contributed by atoms with Gasteiger partial charge in [0.2, 0.25) is 5.91 Å². The molecule has 0 saturated carbocycles. The minimum Gasteiger partial charge on any atom is -0.480 e. The monoisotopic (exact) mass is 308 g/mol. The molecule has 120 valence electrons. The molecule has 1 aromatic heterocycles. The van der Waals surface area contributed by atoms with E-state index in [1.165, 1.54) is 18.1 Å². The van der Waals surface area contributed by atoms with E-state index in [-0.39, 0.29) is 25.0 Å². The number of carboxylic acids is 1. The number of likely N-dealkylation sites (N-methyl/N-ethyl adjacent to an activating group) is 1. The molecule has 0 radical (unpaired) electrons. The second-order valence-corrected chi connectivity index (χ2v) is 5.74. The molecule has 0 aromatic carbocycles. The van der Waals surface area contributed by atoms with Crippen LogP contribution in [0.15, 0.2) is 6.20 Å². The Bertz CT molecular complexity index is 622. The van der Waals surface area contributed by atoms with Crippen molar-refractivity contribution in [2.75, 3.05) is 20.1 Å². The third-order valence-corrected chi connectivity index (χ3v) is 3.86. The molecule has 0 aliphatic carbocycles. The van der Waals surface area contributed by atoms with Crippen LogP contribution in [-0.4, -0.2) is 68.6 Å². The van der Waals surface area contributed by atoms with Crippen molar-refractivity contribution in [3.63, 3.8) is 0 Å². The summed E-state index contributed by atoms with van der Waals surface area (Å²) in [7, 11) is 1.53. The van der Waals surface area contributed by atoms with E-state index in [0.717, 1.165) is 4.90 Å². The summed E-state index contributed by atoms with van der Waals surface area (Å²) >= 11 is 0. The summed E-state index contributed by atoms with van der Waals surface area (Å²) in [5.74, 6) is -1.88. The number of carbonyl (C=O) groups excluding carboxylic acids is 2. The van der Waals surface area contributed by atoms with Crippen LogP contribution < -0.4 is 0 Å². The number of carbonyl (C=O) groups is 3. The van der Waals surface area contributed by atoms with Crippen LogP contribution in [0.4, 0.5) is 0 Å².